The van der Waals surface area contributed by atoms with Crippen LogP contribution in [0.1, 0.15) is 33.1 Å². The Hall–Kier alpha value is -0.0800. The topological polar surface area (TPSA) is 29.3 Å². The monoisotopic (exact) mass is 168 g/mol. The predicted octanol–water partition coefficient (Wildman–Crippen LogP) is 1.21. The maximum absolute atomic E-state index is 6.19. The van der Waals surface area contributed by atoms with E-state index in [1.54, 1.807) is 0 Å². The number of rotatable bonds is 2. The van der Waals surface area contributed by atoms with Crippen molar-refractivity contribution in [1.29, 1.82) is 0 Å². The summed E-state index contributed by atoms with van der Waals surface area (Å²) >= 11 is 0. The van der Waals surface area contributed by atoms with Gasteiger partial charge in [0.15, 0.2) is 0 Å². The molecule has 1 saturated carbocycles. The van der Waals surface area contributed by atoms with Gasteiger partial charge in [0, 0.05) is 18.1 Å². The summed E-state index contributed by atoms with van der Waals surface area (Å²) in [6.07, 6.45) is 3.86. The first kappa shape index (κ1) is 8.52. The van der Waals surface area contributed by atoms with Crippen molar-refractivity contribution in [3.63, 3.8) is 0 Å². The highest BCUT2D eigenvalue weighted by atomic mass is 15.2. The summed E-state index contributed by atoms with van der Waals surface area (Å²) in [4.78, 5) is 2.55. The molecule has 2 fully saturated rings. The highest BCUT2D eigenvalue weighted by molar-refractivity contribution is 5.06. The first-order chi connectivity index (χ1) is 5.62. The fourth-order valence-electron chi connectivity index (χ4n) is 2.28. The predicted molar refractivity (Wildman–Crippen MR) is 51.0 cm³/mol. The average molecular weight is 168 g/mol. The molecular weight excluding hydrogens is 148 g/mol. The van der Waals surface area contributed by atoms with Crippen LogP contribution in [0.2, 0.25) is 0 Å². The van der Waals surface area contributed by atoms with Crippen molar-refractivity contribution in [3.05, 3.63) is 0 Å². The second-order valence-electron chi connectivity index (χ2n) is 4.81. The lowest BCUT2D eigenvalue weighted by Crippen LogP contribution is -2.36. The molecule has 0 bridgehead atoms. The summed E-state index contributed by atoms with van der Waals surface area (Å²) in [7, 11) is 0. The molecule has 0 aromatic heterocycles. The summed E-state index contributed by atoms with van der Waals surface area (Å²) in [5.41, 5.74) is 6.44. The van der Waals surface area contributed by atoms with E-state index in [1.807, 2.05) is 0 Å². The van der Waals surface area contributed by atoms with Gasteiger partial charge in [-0.2, -0.15) is 0 Å². The van der Waals surface area contributed by atoms with Crippen LogP contribution in [0.15, 0.2) is 0 Å². The van der Waals surface area contributed by atoms with Gasteiger partial charge in [-0.15, -0.1) is 0 Å². The van der Waals surface area contributed by atoms with E-state index in [-0.39, 0.29) is 5.54 Å². The largest absolute Gasteiger partial charge is 0.325 e. The number of likely N-dealkylation sites (tertiary alicyclic amines) is 1. The van der Waals surface area contributed by atoms with Crippen molar-refractivity contribution in [2.24, 2.45) is 11.7 Å². The molecule has 2 heteroatoms. The molecule has 1 unspecified atom stereocenters. The number of nitrogens with zero attached hydrogens (tertiary/aromatic N) is 1. The molecular formula is C10H20N2. The zero-order valence-electron chi connectivity index (χ0n) is 8.21. The first-order valence-electron chi connectivity index (χ1n) is 5.15. The summed E-state index contributed by atoms with van der Waals surface area (Å²) in [5.74, 6) is 0.792. The Bertz CT molecular complexity index is 173. The van der Waals surface area contributed by atoms with Crippen molar-refractivity contribution >= 4 is 0 Å². The summed E-state index contributed by atoms with van der Waals surface area (Å²) in [6.45, 7) is 7.06. The molecule has 1 aliphatic heterocycles. The molecule has 70 valence electrons. The molecule has 2 rings (SSSR count). The Morgan fingerprint density at radius 2 is 2.08 bits per heavy atom. The lowest BCUT2D eigenvalue weighted by molar-refractivity contribution is 0.256. The van der Waals surface area contributed by atoms with Crippen LogP contribution in [0, 0.1) is 5.92 Å². The molecule has 12 heavy (non-hydrogen) atoms. The van der Waals surface area contributed by atoms with Gasteiger partial charge >= 0.3 is 0 Å². The van der Waals surface area contributed by atoms with Crippen LogP contribution >= 0.6 is 0 Å². The number of hydrogen-bond donors (Lipinski definition) is 1. The van der Waals surface area contributed by atoms with Gasteiger partial charge in [0.25, 0.3) is 0 Å². The maximum Gasteiger partial charge on any atom is 0.0197 e. The minimum atomic E-state index is 0.254. The van der Waals surface area contributed by atoms with Crippen molar-refractivity contribution in [3.8, 4) is 0 Å². The van der Waals surface area contributed by atoms with Crippen LogP contribution in [-0.2, 0) is 0 Å². The SMILES string of the molecule is CC(C)N1CCC(C2(N)CC2)C1. The van der Waals surface area contributed by atoms with Crippen LogP contribution in [0.25, 0.3) is 0 Å². The van der Waals surface area contributed by atoms with E-state index in [9.17, 15) is 0 Å². The first-order valence-corrected chi connectivity index (χ1v) is 5.15. The molecule has 2 nitrogen and oxygen atoms in total. The van der Waals surface area contributed by atoms with Gasteiger partial charge in [0.05, 0.1) is 0 Å². The molecule has 1 atom stereocenters. The normalized spacial score (nSPS) is 34.5. The second-order valence-corrected chi connectivity index (χ2v) is 4.81. The van der Waals surface area contributed by atoms with Crippen LogP contribution < -0.4 is 5.73 Å². The van der Waals surface area contributed by atoms with Crippen molar-refractivity contribution < 1.29 is 0 Å². The Morgan fingerprint density at radius 3 is 2.50 bits per heavy atom. The fraction of sp³-hybridized carbons (Fsp3) is 1.00. The van der Waals surface area contributed by atoms with Gasteiger partial charge in [-0.05, 0) is 45.6 Å². The third-order valence-corrected chi connectivity index (χ3v) is 3.59. The van der Waals surface area contributed by atoms with E-state index in [1.165, 1.54) is 32.4 Å². The zero-order chi connectivity index (χ0) is 8.77. The second kappa shape index (κ2) is 2.71. The highest BCUT2D eigenvalue weighted by Gasteiger charge is 2.47. The summed E-state index contributed by atoms with van der Waals surface area (Å²) in [5, 5.41) is 0. The van der Waals surface area contributed by atoms with Crippen molar-refractivity contribution in [1.82, 2.24) is 4.90 Å². The molecule has 0 spiro atoms. The molecule has 0 aromatic carbocycles. The lowest BCUT2D eigenvalue weighted by Gasteiger charge is -2.22. The van der Waals surface area contributed by atoms with E-state index < -0.39 is 0 Å². The van der Waals surface area contributed by atoms with E-state index in [0.717, 1.165) is 5.92 Å². The molecule has 0 radical (unpaired) electrons. The van der Waals surface area contributed by atoms with Crippen LogP contribution in [-0.4, -0.2) is 29.6 Å². The zero-order valence-corrected chi connectivity index (χ0v) is 8.21. The van der Waals surface area contributed by atoms with E-state index in [0.29, 0.717) is 6.04 Å². The Kier molecular flexibility index (Phi) is 1.92. The van der Waals surface area contributed by atoms with Crippen LogP contribution in [0.3, 0.4) is 0 Å². The number of nitrogens with two attached hydrogens (primary N) is 1. The average Bonchev–Trinajstić information content (AvgIpc) is 2.61. The quantitative estimate of drug-likeness (QED) is 0.671. The van der Waals surface area contributed by atoms with Gasteiger partial charge in [-0.3, -0.25) is 0 Å². The Balaban J connectivity index is 1.90. The van der Waals surface area contributed by atoms with E-state index in [2.05, 4.69) is 18.7 Å². The summed E-state index contributed by atoms with van der Waals surface area (Å²) < 4.78 is 0. The third kappa shape index (κ3) is 1.38. The van der Waals surface area contributed by atoms with Gasteiger partial charge in [-0.25, -0.2) is 0 Å². The highest BCUT2D eigenvalue weighted by Crippen LogP contribution is 2.43. The lowest BCUT2D eigenvalue weighted by atomic mass is 9.97. The fourth-order valence-corrected chi connectivity index (χ4v) is 2.28. The Morgan fingerprint density at radius 1 is 1.42 bits per heavy atom. The van der Waals surface area contributed by atoms with Crippen molar-refractivity contribution in [2.75, 3.05) is 13.1 Å². The standard InChI is InChI=1S/C10H20N2/c1-8(2)12-6-3-9(7-12)10(11)4-5-10/h8-9H,3-7,11H2,1-2H3. The third-order valence-electron chi connectivity index (χ3n) is 3.59. The molecule has 1 heterocycles. The van der Waals surface area contributed by atoms with Gasteiger partial charge in [-0.1, -0.05) is 0 Å². The molecule has 1 aliphatic carbocycles. The summed E-state index contributed by atoms with van der Waals surface area (Å²) in [6, 6.07) is 0.706. The molecule has 0 aromatic rings. The Labute approximate surface area is 75.1 Å². The molecule has 2 aliphatic rings. The van der Waals surface area contributed by atoms with Gasteiger partial charge in [0.2, 0.25) is 0 Å². The van der Waals surface area contributed by atoms with Crippen LogP contribution in [0.5, 0.6) is 0 Å². The van der Waals surface area contributed by atoms with Crippen molar-refractivity contribution in [2.45, 2.75) is 44.7 Å². The smallest absolute Gasteiger partial charge is 0.0197 e. The molecule has 1 saturated heterocycles. The number of hydrogen-bond acceptors (Lipinski definition) is 2. The molecule has 2 N–H and O–H groups in total. The van der Waals surface area contributed by atoms with Crippen LogP contribution in [0.4, 0.5) is 0 Å². The molecule has 0 amide bonds. The minimum Gasteiger partial charge on any atom is -0.325 e. The van der Waals surface area contributed by atoms with Gasteiger partial charge < -0.3 is 10.6 Å². The van der Waals surface area contributed by atoms with E-state index in [4.69, 9.17) is 5.73 Å². The van der Waals surface area contributed by atoms with Gasteiger partial charge in [0.1, 0.15) is 0 Å². The maximum atomic E-state index is 6.19. The minimum absolute atomic E-state index is 0.254. The van der Waals surface area contributed by atoms with E-state index >= 15 is 0 Å².